The smallest absolute Gasteiger partial charge is 0.141 e. The van der Waals surface area contributed by atoms with Gasteiger partial charge in [0.15, 0.2) is 0 Å². The standard InChI is InChI=1S/C10H7BrClFN2/c11-6-8-3-4-14-15(8)7-1-2-10(13)9(12)5-7/h1-5H,6H2. The maximum atomic E-state index is 13.0. The van der Waals surface area contributed by atoms with Crippen molar-refractivity contribution in [1.82, 2.24) is 9.78 Å². The predicted octanol–water partition coefficient (Wildman–Crippen LogP) is 3.56. The molecule has 15 heavy (non-hydrogen) atoms. The highest BCUT2D eigenvalue weighted by Crippen LogP contribution is 2.20. The zero-order valence-electron chi connectivity index (χ0n) is 7.62. The minimum Gasteiger partial charge on any atom is -0.237 e. The summed E-state index contributed by atoms with van der Waals surface area (Å²) in [7, 11) is 0. The second-order valence-corrected chi connectivity index (χ2v) is 3.93. The largest absolute Gasteiger partial charge is 0.237 e. The van der Waals surface area contributed by atoms with Crippen molar-refractivity contribution < 1.29 is 4.39 Å². The molecule has 0 fully saturated rings. The number of aromatic nitrogens is 2. The van der Waals surface area contributed by atoms with Crippen LogP contribution in [0.1, 0.15) is 5.69 Å². The highest BCUT2D eigenvalue weighted by molar-refractivity contribution is 9.08. The number of hydrogen-bond acceptors (Lipinski definition) is 1. The molecule has 1 aromatic carbocycles. The van der Waals surface area contributed by atoms with Crippen LogP contribution < -0.4 is 0 Å². The molecule has 0 unspecified atom stereocenters. The van der Waals surface area contributed by atoms with E-state index in [1.807, 2.05) is 6.07 Å². The van der Waals surface area contributed by atoms with Gasteiger partial charge in [0.2, 0.25) is 0 Å². The van der Waals surface area contributed by atoms with Crippen LogP contribution in [0, 0.1) is 5.82 Å². The molecule has 0 saturated carbocycles. The molecule has 0 saturated heterocycles. The van der Waals surface area contributed by atoms with Crippen LogP contribution in [0.4, 0.5) is 4.39 Å². The molecule has 0 radical (unpaired) electrons. The summed E-state index contributed by atoms with van der Waals surface area (Å²) in [5.41, 5.74) is 1.73. The number of nitrogens with zero attached hydrogens (tertiary/aromatic N) is 2. The van der Waals surface area contributed by atoms with Crippen LogP contribution in [0.15, 0.2) is 30.5 Å². The molecule has 2 aromatic rings. The molecule has 0 amide bonds. The molecular weight excluding hydrogens is 282 g/mol. The second-order valence-electron chi connectivity index (χ2n) is 2.97. The Hall–Kier alpha value is -0.870. The third-order valence-electron chi connectivity index (χ3n) is 2.01. The van der Waals surface area contributed by atoms with Crippen molar-refractivity contribution in [3.8, 4) is 5.69 Å². The zero-order valence-corrected chi connectivity index (χ0v) is 9.96. The van der Waals surface area contributed by atoms with E-state index in [1.54, 1.807) is 23.0 Å². The molecule has 0 aliphatic carbocycles. The SMILES string of the molecule is Fc1ccc(-n2nccc2CBr)cc1Cl. The molecule has 78 valence electrons. The minimum atomic E-state index is -0.423. The number of halogens is 3. The molecule has 2 nitrogen and oxygen atoms in total. The molecule has 1 heterocycles. The average molecular weight is 290 g/mol. The van der Waals surface area contributed by atoms with E-state index in [-0.39, 0.29) is 5.02 Å². The molecule has 0 N–H and O–H groups in total. The maximum absolute atomic E-state index is 13.0. The molecule has 0 atom stereocenters. The van der Waals surface area contributed by atoms with E-state index < -0.39 is 5.82 Å². The van der Waals surface area contributed by atoms with Gasteiger partial charge in [-0.1, -0.05) is 27.5 Å². The molecule has 0 spiro atoms. The van der Waals surface area contributed by atoms with Crippen LogP contribution in [0.25, 0.3) is 5.69 Å². The number of alkyl halides is 1. The van der Waals surface area contributed by atoms with Crippen molar-refractivity contribution in [3.63, 3.8) is 0 Å². The summed E-state index contributed by atoms with van der Waals surface area (Å²) in [6.07, 6.45) is 1.69. The van der Waals surface area contributed by atoms with Gasteiger partial charge in [-0.3, -0.25) is 0 Å². The first-order chi connectivity index (χ1) is 7.22. The fourth-order valence-corrected chi connectivity index (χ4v) is 1.88. The van der Waals surface area contributed by atoms with Gasteiger partial charge in [-0.15, -0.1) is 0 Å². The zero-order chi connectivity index (χ0) is 10.8. The Labute approximate surface area is 99.8 Å². The average Bonchev–Trinajstić information content (AvgIpc) is 2.70. The summed E-state index contributed by atoms with van der Waals surface area (Å²) < 4.78 is 14.7. The van der Waals surface area contributed by atoms with Crippen LogP contribution in [-0.4, -0.2) is 9.78 Å². The van der Waals surface area contributed by atoms with E-state index in [0.29, 0.717) is 5.33 Å². The van der Waals surface area contributed by atoms with Gasteiger partial charge in [0.1, 0.15) is 5.82 Å². The van der Waals surface area contributed by atoms with Gasteiger partial charge in [-0.05, 0) is 24.3 Å². The molecule has 0 aliphatic heterocycles. The lowest BCUT2D eigenvalue weighted by molar-refractivity contribution is 0.627. The fourth-order valence-electron chi connectivity index (χ4n) is 1.28. The van der Waals surface area contributed by atoms with Gasteiger partial charge in [-0.25, -0.2) is 9.07 Å². The van der Waals surface area contributed by atoms with E-state index in [4.69, 9.17) is 11.6 Å². The highest BCUT2D eigenvalue weighted by atomic mass is 79.9. The van der Waals surface area contributed by atoms with Crippen LogP contribution in [0.3, 0.4) is 0 Å². The third kappa shape index (κ3) is 2.06. The van der Waals surface area contributed by atoms with E-state index >= 15 is 0 Å². The second kappa shape index (κ2) is 4.33. The Kier molecular flexibility index (Phi) is 3.07. The summed E-state index contributed by atoms with van der Waals surface area (Å²) in [6.45, 7) is 0. The molecule has 2 rings (SSSR count). The fraction of sp³-hybridized carbons (Fsp3) is 0.100. The van der Waals surface area contributed by atoms with E-state index in [2.05, 4.69) is 21.0 Å². The summed E-state index contributed by atoms with van der Waals surface area (Å²) in [5, 5.41) is 4.92. The van der Waals surface area contributed by atoms with Gasteiger partial charge < -0.3 is 0 Å². The Morgan fingerprint density at radius 2 is 2.20 bits per heavy atom. The molecule has 0 aliphatic rings. The highest BCUT2D eigenvalue weighted by Gasteiger charge is 2.06. The maximum Gasteiger partial charge on any atom is 0.141 e. The third-order valence-corrected chi connectivity index (χ3v) is 2.87. The Morgan fingerprint density at radius 3 is 2.87 bits per heavy atom. The summed E-state index contributed by atoms with van der Waals surface area (Å²) >= 11 is 9.05. The lowest BCUT2D eigenvalue weighted by Gasteiger charge is -2.05. The predicted molar refractivity (Wildman–Crippen MR) is 61.2 cm³/mol. The Morgan fingerprint density at radius 1 is 1.40 bits per heavy atom. The van der Waals surface area contributed by atoms with Gasteiger partial charge in [-0.2, -0.15) is 5.10 Å². The Balaban J connectivity index is 2.50. The molecule has 1 aromatic heterocycles. The van der Waals surface area contributed by atoms with Gasteiger partial charge >= 0.3 is 0 Å². The van der Waals surface area contributed by atoms with Crippen molar-refractivity contribution in [2.45, 2.75) is 5.33 Å². The quantitative estimate of drug-likeness (QED) is 0.773. The molecular formula is C10H7BrClFN2. The summed E-state index contributed by atoms with van der Waals surface area (Å²) in [6, 6.07) is 6.40. The van der Waals surface area contributed by atoms with Crippen LogP contribution >= 0.6 is 27.5 Å². The minimum absolute atomic E-state index is 0.100. The van der Waals surface area contributed by atoms with E-state index in [9.17, 15) is 4.39 Å². The van der Waals surface area contributed by atoms with Crippen LogP contribution in [0.2, 0.25) is 5.02 Å². The normalized spacial score (nSPS) is 10.6. The Bertz CT molecular complexity index is 484. The van der Waals surface area contributed by atoms with E-state index in [0.717, 1.165) is 11.4 Å². The first kappa shape index (κ1) is 10.6. The van der Waals surface area contributed by atoms with Gasteiger partial charge in [0.05, 0.1) is 16.4 Å². The summed E-state index contributed by atoms with van der Waals surface area (Å²) in [5.74, 6) is -0.423. The molecule has 0 bridgehead atoms. The van der Waals surface area contributed by atoms with Crippen LogP contribution in [0.5, 0.6) is 0 Å². The molecule has 5 heteroatoms. The van der Waals surface area contributed by atoms with Crippen molar-refractivity contribution in [1.29, 1.82) is 0 Å². The topological polar surface area (TPSA) is 17.8 Å². The van der Waals surface area contributed by atoms with Gasteiger partial charge in [0, 0.05) is 11.5 Å². The lowest BCUT2D eigenvalue weighted by Crippen LogP contribution is -2.00. The lowest BCUT2D eigenvalue weighted by atomic mass is 10.3. The first-order valence-electron chi connectivity index (χ1n) is 4.26. The number of hydrogen-bond donors (Lipinski definition) is 0. The van der Waals surface area contributed by atoms with Crippen molar-refractivity contribution in [2.75, 3.05) is 0 Å². The van der Waals surface area contributed by atoms with Crippen molar-refractivity contribution >= 4 is 27.5 Å². The number of rotatable bonds is 2. The van der Waals surface area contributed by atoms with Crippen LogP contribution in [-0.2, 0) is 5.33 Å². The van der Waals surface area contributed by atoms with Crippen molar-refractivity contribution in [3.05, 3.63) is 47.0 Å². The van der Waals surface area contributed by atoms with E-state index in [1.165, 1.54) is 6.07 Å². The number of benzene rings is 1. The van der Waals surface area contributed by atoms with Crippen molar-refractivity contribution in [2.24, 2.45) is 0 Å². The van der Waals surface area contributed by atoms with Gasteiger partial charge in [0.25, 0.3) is 0 Å². The monoisotopic (exact) mass is 288 g/mol. The summed E-state index contributed by atoms with van der Waals surface area (Å²) in [4.78, 5) is 0. The first-order valence-corrected chi connectivity index (χ1v) is 5.76.